The fourth-order valence-corrected chi connectivity index (χ4v) is 4.23. The van der Waals surface area contributed by atoms with Crippen LogP contribution in [0.1, 0.15) is 37.2 Å². The Labute approximate surface area is 196 Å². The van der Waals surface area contributed by atoms with Crippen LogP contribution < -0.4 is 4.18 Å². The fraction of sp³-hybridized carbons (Fsp3) is 0.292. The maximum absolute atomic E-state index is 13.0. The van der Waals surface area contributed by atoms with E-state index in [1.807, 2.05) is 13.8 Å². The van der Waals surface area contributed by atoms with Gasteiger partial charge in [0.15, 0.2) is 0 Å². The van der Waals surface area contributed by atoms with Gasteiger partial charge in [0, 0.05) is 18.5 Å². The van der Waals surface area contributed by atoms with E-state index < -0.39 is 26.8 Å². The van der Waals surface area contributed by atoms with Crippen LogP contribution in [-0.4, -0.2) is 19.2 Å². The number of para-hydroxylation sites is 1. The second-order valence-electron chi connectivity index (χ2n) is 8.10. The summed E-state index contributed by atoms with van der Waals surface area (Å²) < 4.78 is 75.2. The van der Waals surface area contributed by atoms with Crippen LogP contribution in [0.5, 0.6) is 5.75 Å². The molecule has 0 aliphatic rings. The number of carbonyl (C=O) groups is 1. The third kappa shape index (κ3) is 6.63. The van der Waals surface area contributed by atoms with Crippen molar-refractivity contribution in [3.63, 3.8) is 0 Å². The molecule has 0 saturated carbocycles. The summed E-state index contributed by atoms with van der Waals surface area (Å²) in [7, 11) is -4.57. The van der Waals surface area contributed by atoms with E-state index in [0.29, 0.717) is 17.4 Å². The summed E-state index contributed by atoms with van der Waals surface area (Å²) in [5.74, 6) is 0.398. The second kappa shape index (κ2) is 10.3. The van der Waals surface area contributed by atoms with Crippen molar-refractivity contribution in [2.24, 2.45) is 5.92 Å². The largest absolute Gasteiger partial charge is 0.467 e. The van der Waals surface area contributed by atoms with Gasteiger partial charge in [0.1, 0.15) is 16.4 Å². The molecule has 0 unspecified atom stereocenters. The van der Waals surface area contributed by atoms with Gasteiger partial charge in [0.05, 0.1) is 18.4 Å². The predicted molar refractivity (Wildman–Crippen MR) is 118 cm³/mol. The summed E-state index contributed by atoms with van der Waals surface area (Å²) in [6, 6.07) is 12.9. The molecule has 3 rings (SSSR count). The van der Waals surface area contributed by atoms with Crippen molar-refractivity contribution in [1.29, 1.82) is 0 Å². The van der Waals surface area contributed by atoms with Crippen molar-refractivity contribution < 1.29 is 35.0 Å². The van der Waals surface area contributed by atoms with Gasteiger partial charge in [-0.15, -0.1) is 0 Å². The lowest BCUT2D eigenvalue weighted by Gasteiger charge is -2.24. The lowest BCUT2D eigenvalue weighted by atomic mass is 10.1. The highest BCUT2D eigenvalue weighted by Crippen LogP contribution is 2.32. The Balaban J connectivity index is 1.89. The maximum Gasteiger partial charge on any atom is 0.416 e. The molecule has 6 nitrogen and oxygen atoms in total. The highest BCUT2D eigenvalue weighted by atomic mass is 32.2. The van der Waals surface area contributed by atoms with Crippen molar-refractivity contribution in [3.8, 4) is 5.75 Å². The van der Waals surface area contributed by atoms with Crippen molar-refractivity contribution >= 4 is 16.0 Å². The van der Waals surface area contributed by atoms with Crippen LogP contribution in [0, 0.1) is 5.92 Å². The zero-order valence-corrected chi connectivity index (χ0v) is 19.4. The van der Waals surface area contributed by atoms with Gasteiger partial charge in [-0.05, 0) is 42.3 Å². The highest BCUT2D eigenvalue weighted by molar-refractivity contribution is 7.87. The third-order valence-corrected chi connectivity index (χ3v) is 6.08. The molecule has 10 heteroatoms. The standard InChI is InChI=1S/C24H24F3NO5S/c1-17(2)13-23(29)28(16-20-9-6-12-32-20)15-18-7-3-4-11-22(18)33-34(30,31)21-10-5-8-19(14-21)24(25,26)27/h3-12,14,17H,13,15-16H2,1-2H3. The van der Waals surface area contributed by atoms with Gasteiger partial charge in [-0.2, -0.15) is 21.6 Å². The van der Waals surface area contributed by atoms with Crippen LogP contribution in [0.25, 0.3) is 0 Å². The molecule has 2 aromatic carbocycles. The molecule has 0 saturated heterocycles. The van der Waals surface area contributed by atoms with E-state index in [1.54, 1.807) is 24.3 Å². The van der Waals surface area contributed by atoms with Crippen LogP contribution in [-0.2, 0) is 34.2 Å². The molecule has 0 aliphatic carbocycles. The van der Waals surface area contributed by atoms with Crippen molar-refractivity contribution in [3.05, 3.63) is 83.8 Å². The van der Waals surface area contributed by atoms with Gasteiger partial charge in [-0.1, -0.05) is 38.1 Å². The molecule has 0 N–H and O–H groups in total. The van der Waals surface area contributed by atoms with E-state index in [1.165, 1.54) is 23.3 Å². The molecule has 0 bridgehead atoms. The first-order valence-electron chi connectivity index (χ1n) is 10.5. The minimum absolute atomic E-state index is 0.0144. The Bertz CT molecular complexity index is 1220. The van der Waals surface area contributed by atoms with Gasteiger partial charge in [0.2, 0.25) is 5.91 Å². The van der Waals surface area contributed by atoms with Gasteiger partial charge in [-0.3, -0.25) is 4.79 Å². The SMILES string of the molecule is CC(C)CC(=O)N(Cc1ccco1)Cc1ccccc1OS(=O)(=O)c1cccc(C(F)(F)F)c1. The zero-order chi connectivity index (χ0) is 24.9. The smallest absolute Gasteiger partial charge is 0.416 e. The van der Waals surface area contributed by atoms with Crippen LogP contribution in [0.3, 0.4) is 0 Å². The van der Waals surface area contributed by atoms with Crippen molar-refractivity contribution in [2.75, 3.05) is 0 Å². The molecule has 1 amide bonds. The van der Waals surface area contributed by atoms with Crippen molar-refractivity contribution in [2.45, 2.75) is 44.4 Å². The van der Waals surface area contributed by atoms with E-state index in [2.05, 4.69) is 0 Å². The van der Waals surface area contributed by atoms with Crippen LogP contribution in [0.15, 0.2) is 76.2 Å². The quantitative estimate of drug-likeness (QED) is 0.359. The van der Waals surface area contributed by atoms with Crippen molar-refractivity contribution in [1.82, 2.24) is 4.90 Å². The van der Waals surface area contributed by atoms with E-state index in [-0.39, 0.29) is 37.1 Å². The summed E-state index contributed by atoms with van der Waals surface area (Å²) >= 11 is 0. The summed E-state index contributed by atoms with van der Waals surface area (Å²) in [6.45, 7) is 3.98. The Morgan fingerprint density at radius 1 is 1.03 bits per heavy atom. The maximum atomic E-state index is 13.0. The van der Waals surface area contributed by atoms with Crippen LogP contribution in [0.2, 0.25) is 0 Å². The predicted octanol–water partition coefficient (Wildman–Crippen LogP) is 5.64. The number of hydrogen-bond acceptors (Lipinski definition) is 5. The van der Waals surface area contributed by atoms with E-state index in [4.69, 9.17) is 8.60 Å². The first-order valence-corrected chi connectivity index (χ1v) is 11.9. The first-order chi connectivity index (χ1) is 16.0. The zero-order valence-electron chi connectivity index (χ0n) is 18.6. The van der Waals surface area contributed by atoms with Gasteiger partial charge in [-0.25, -0.2) is 0 Å². The summed E-state index contributed by atoms with van der Waals surface area (Å²) in [4.78, 5) is 13.7. The molecule has 0 atom stereocenters. The third-order valence-electron chi connectivity index (χ3n) is 4.85. The number of carbonyl (C=O) groups excluding carboxylic acids is 1. The van der Waals surface area contributed by atoms with Gasteiger partial charge in [0.25, 0.3) is 0 Å². The highest BCUT2D eigenvalue weighted by Gasteiger charge is 2.32. The molecule has 0 radical (unpaired) electrons. The number of halogens is 3. The average molecular weight is 496 g/mol. The molecular formula is C24H24F3NO5S. The lowest BCUT2D eigenvalue weighted by molar-refractivity contribution is -0.137. The first kappa shape index (κ1) is 25.4. The van der Waals surface area contributed by atoms with Gasteiger partial charge < -0.3 is 13.5 Å². The van der Waals surface area contributed by atoms with E-state index >= 15 is 0 Å². The number of amides is 1. The number of rotatable bonds is 9. The van der Waals surface area contributed by atoms with Crippen LogP contribution >= 0.6 is 0 Å². The molecule has 182 valence electrons. The molecule has 0 fully saturated rings. The molecule has 1 heterocycles. The number of nitrogens with zero attached hydrogens (tertiary/aromatic N) is 1. The monoisotopic (exact) mass is 495 g/mol. The number of furan rings is 1. The number of hydrogen-bond donors (Lipinski definition) is 0. The number of alkyl halides is 3. The summed E-state index contributed by atoms with van der Waals surface area (Å²) in [6.07, 6.45) is -2.95. The fourth-order valence-electron chi connectivity index (χ4n) is 3.22. The molecule has 0 aliphatic heterocycles. The van der Waals surface area contributed by atoms with E-state index in [0.717, 1.165) is 18.2 Å². The second-order valence-corrected chi connectivity index (χ2v) is 9.64. The molecule has 3 aromatic rings. The molecule has 0 spiro atoms. The van der Waals surface area contributed by atoms with Gasteiger partial charge >= 0.3 is 16.3 Å². The Morgan fingerprint density at radius 2 is 1.76 bits per heavy atom. The topological polar surface area (TPSA) is 76.8 Å². The number of benzene rings is 2. The average Bonchev–Trinajstić information content (AvgIpc) is 3.26. The lowest BCUT2D eigenvalue weighted by Crippen LogP contribution is -2.31. The van der Waals surface area contributed by atoms with Crippen LogP contribution in [0.4, 0.5) is 13.2 Å². The summed E-state index contributed by atoms with van der Waals surface area (Å²) in [5, 5.41) is 0. The minimum atomic E-state index is -4.70. The Hall–Kier alpha value is -3.27. The molecular weight excluding hydrogens is 471 g/mol. The summed E-state index contributed by atoms with van der Waals surface area (Å²) in [5.41, 5.74) is -0.726. The normalized spacial score (nSPS) is 12.1. The van der Waals surface area contributed by atoms with E-state index in [9.17, 15) is 26.4 Å². The molecule has 34 heavy (non-hydrogen) atoms. The molecule has 1 aromatic heterocycles. The Kier molecular flexibility index (Phi) is 7.71. The minimum Gasteiger partial charge on any atom is -0.467 e. The Morgan fingerprint density at radius 3 is 2.41 bits per heavy atom.